The van der Waals surface area contributed by atoms with E-state index < -0.39 is 21.8 Å². The van der Waals surface area contributed by atoms with E-state index in [1.54, 1.807) is 0 Å². The van der Waals surface area contributed by atoms with Gasteiger partial charge in [-0.1, -0.05) is 60.7 Å². The molecule has 0 amide bonds. The highest BCUT2D eigenvalue weighted by Gasteiger charge is 2.22. The van der Waals surface area contributed by atoms with Crippen molar-refractivity contribution in [1.82, 2.24) is 4.98 Å². The number of hydrogen-bond acceptors (Lipinski definition) is 5. The molecule has 3 aromatic carbocycles. The molecule has 1 aromatic heterocycles. The lowest BCUT2D eigenvalue weighted by molar-refractivity contribution is 0.0697. The van der Waals surface area contributed by atoms with Crippen LogP contribution >= 0.6 is 0 Å². The number of benzene rings is 3. The fourth-order valence-corrected chi connectivity index (χ4v) is 4.60. The largest absolute Gasteiger partial charge is 0.478 e. The molecule has 0 fully saturated rings. The first-order valence-electron chi connectivity index (χ1n) is 10.7. The van der Waals surface area contributed by atoms with Gasteiger partial charge in [0.1, 0.15) is 17.2 Å². The number of pyridine rings is 1. The number of carboxylic acid groups (broad SMARTS) is 1. The molecule has 0 saturated heterocycles. The van der Waals surface area contributed by atoms with Crippen molar-refractivity contribution in [2.24, 2.45) is 0 Å². The van der Waals surface area contributed by atoms with Gasteiger partial charge in [-0.3, -0.25) is 4.72 Å². The highest BCUT2D eigenvalue weighted by molar-refractivity contribution is 7.92. The number of carbonyl (C=O) groups is 1. The lowest BCUT2D eigenvalue weighted by Gasteiger charge is -2.26. The van der Waals surface area contributed by atoms with Crippen LogP contribution in [0, 0.1) is 5.82 Å². The van der Waals surface area contributed by atoms with Crippen molar-refractivity contribution in [1.29, 1.82) is 0 Å². The minimum atomic E-state index is -4.07. The minimum Gasteiger partial charge on any atom is -0.478 e. The lowest BCUT2D eigenvalue weighted by Crippen LogP contribution is -2.26. The summed E-state index contributed by atoms with van der Waals surface area (Å²) in [6.45, 7) is 0.785. The number of aromatic nitrogens is 1. The molecular weight excluding hydrogens is 469 g/mol. The van der Waals surface area contributed by atoms with Crippen molar-refractivity contribution in [3.8, 4) is 0 Å². The van der Waals surface area contributed by atoms with E-state index in [-0.39, 0.29) is 22.0 Å². The van der Waals surface area contributed by atoms with Gasteiger partial charge in [0.2, 0.25) is 0 Å². The molecule has 2 N–H and O–H groups in total. The molecule has 0 aliphatic carbocycles. The molecule has 0 atom stereocenters. The van der Waals surface area contributed by atoms with Crippen molar-refractivity contribution in [3.05, 3.63) is 120 Å². The number of aromatic carboxylic acids is 1. The van der Waals surface area contributed by atoms with Gasteiger partial charge in [0.25, 0.3) is 10.0 Å². The third-order valence-corrected chi connectivity index (χ3v) is 6.60. The van der Waals surface area contributed by atoms with Crippen LogP contribution in [-0.4, -0.2) is 24.5 Å². The molecule has 0 saturated carbocycles. The van der Waals surface area contributed by atoms with E-state index in [0.29, 0.717) is 13.1 Å². The van der Waals surface area contributed by atoms with Crippen LogP contribution in [0.1, 0.15) is 21.5 Å². The lowest BCUT2D eigenvalue weighted by atomic mass is 10.1. The Labute approximate surface area is 202 Å². The number of nitrogens with zero attached hydrogens (tertiary/aromatic N) is 2. The summed E-state index contributed by atoms with van der Waals surface area (Å²) >= 11 is 0. The first-order chi connectivity index (χ1) is 16.8. The summed E-state index contributed by atoms with van der Waals surface area (Å²) in [5, 5.41) is 9.93. The zero-order chi connectivity index (χ0) is 24.8. The molecular formula is C26H22FN3O4S. The van der Waals surface area contributed by atoms with Crippen molar-refractivity contribution in [2.75, 3.05) is 9.62 Å². The molecule has 0 spiro atoms. The van der Waals surface area contributed by atoms with Gasteiger partial charge >= 0.3 is 5.97 Å². The maximum Gasteiger partial charge on any atom is 0.339 e. The molecule has 9 heteroatoms. The van der Waals surface area contributed by atoms with E-state index in [9.17, 15) is 22.7 Å². The number of rotatable bonds is 9. The molecule has 4 rings (SSSR count). The zero-order valence-electron chi connectivity index (χ0n) is 18.5. The second-order valence-corrected chi connectivity index (χ2v) is 9.47. The van der Waals surface area contributed by atoms with E-state index in [0.717, 1.165) is 35.4 Å². The molecule has 4 aromatic rings. The van der Waals surface area contributed by atoms with Crippen molar-refractivity contribution < 1.29 is 22.7 Å². The summed E-state index contributed by atoms with van der Waals surface area (Å²) in [4.78, 5) is 18.2. The minimum absolute atomic E-state index is 0.0187. The van der Waals surface area contributed by atoms with E-state index in [1.807, 2.05) is 65.6 Å². The average Bonchev–Trinajstić information content (AvgIpc) is 2.85. The summed E-state index contributed by atoms with van der Waals surface area (Å²) in [5.41, 5.74) is 1.75. The maximum absolute atomic E-state index is 13.2. The molecule has 0 bridgehead atoms. The summed E-state index contributed by atoms with van der Waals surface area (Å²) < 4.78 is 40.9. The van der Waals surface area contributed by atoms with Gasteiger partial charge in [-0.15, -0.1) is 0 Å². The highest BCUT2D eigenvalue weighted by Crippen LogP contribution is 2.26. The fraction of sp³-hybridized carbons (Fsp3) is 0.0769. The Hall–Kier alpha value is -4.24. The Bertz CT molecular complexity index is 1370. The van der Waals surface area contributed by atoms with Crippen molar-refractivity contribution in [3.63, 3.8) is 0 Å². The van der Waals surface area contributed by atoms with Crippen LogP contribution in [0.25, 0.3) is 0 Å². The predicted molar refractivity (Wildman–Crippen MR) is 131 cm³/mol. The van der Waals surface area contributed by atoms with Crippen LogP contribution < -0.4 is 9.62 Å². The van der Waals surface area contributed by atoms with Gasteiger partial charge in [-0.2, -0.15) is 0 Å². The molecule has 0 radical (unpaired) electrons. The van der Waals surface area contributed by atoms with Crippen LogP contribution in [0.2, 0.25) is 0 Å². The van der Waals surface area contributed by atoms with Crippen LogP contribution in [-0.2, 0) is 23.1 Å². The number of nitrogens with one attached hydrogen (secondary N) is 1. The summed E-state index contributed by atoms with van der Waals surface area (Å²) in [6, 6.07) is 24.7. The van der Waals surface area contributed by atoms with Crippen LogP contribution in [0.5, 0.6) is 0 Å². The molecule has 7 nitrogen and oxygen atoms in total. The highest BCUT2D eigenvalue weighted by atomic mass is 32.2. The Morgan fingerprint density at radius 1 is 0.886 bits per heavy atom. The zero-order valence-corrected chi connectivity index (χ0v) is 19.3. The normalized spacial score (nSPS) is 11.1. The number of halogens is 1. The standard InChI is InChI=1S/C26H22FN3O4S/c27-21-11-13-23(14-12-21)35(33,34)29-22-15-24(26(31)32)25(28-16-22)30(17-19-7-3-1-4-8-19)18-20-9-5-2-6-10-20/h1-16,29H,17-18H2,(H,31,32). The number of carboxylic acids is 1. The first kappa shape index (κ1) is 23.9. The van der Waals surface area contributed by atoms with E-state index in [1.165, 1.54) is 12.3 Å². The quantitative estimate of drug-likeness (QED) is 0.345. The molecule has 1 heterocycles. The SMILES string of the molecule is O=C(O)c1cc(NS(=O)(=O)c2ccc(F)cc2)cnc1N(Cc1ccccc1)Cc1ccccc1. The summed E-state index contributed by atoms with van der Waals surface area (Å²) in [7, 11) is -4.07. The first-order valence-corrected chi connectivity index (χ1v) is 12.1. The Morgan fingerprint density at radius 2 is 1.43 bits per heavy atom. The van der Waals surface area contributed by atoms with Gasteiger partial charge in [0.15, 0.2) is 0 Å². The molecule has 0 aliphatic rings. The maximum atomic E-state index is 13.2. The van der Waals surface area contributed by atoms with E-state index in [4.69, 9.17) is 0 Å². The van der Waals surface area contributed by atoms with Gasteiger partial charge in [0.05, 0.1) is 16.8 Å². The van der Waals surface area contributed by atoms with Gasteiger partial charge < -0.3 is 10.0 Å². The molecule has 0 aliphatic heterocycles. The second-order valence-electron chi connectivity index (χ2n) is 7.79. The average molecular weight is 492 g/mol. The Balaban J connectivity index is 1.69. The second kappa shape index (κ2) is 10.4. The third kappa shape index (κ3) is 6.01. The molecule has 35 heavy (non-hydrogen) atoms. The van der Waals surface area contributed by atoms with Gasteiger partial charge in [0, 0.05) is 13.1 Å². The third-order valence-electron chi connectivity index (χ3n) is 5.21. The van der Waals surface area contributed by atoms with Crippen LogP contribution in [0.4, 0.5) is 15.9 Å². The molecule has 0 unspecified atom stereocenters. The monoisotopic (exact) mass is 491 g/mol. The summed E-state index contributed by atoms with van der Waals surface area (Å²) in [6.07, 6.45) is 1.27. The topological polar surface area (TPSA) is 99.6 Å². The van der Waals surface area contributed by atoms with E-state index in [2.05, 4.69) is 9.71 Å². The van der Waals surface area contributed by atoms with Gasteiger partial charge in [-0.05, 0) is 41.5 Å². The number of anilines is 2. The Morgan fingerprint density at radius 3 is 1.94 bits per heavy atom. The van der Waals surface area contributed by atoms with Crippen molar-refractivity contribution in [2.45, 2.75) is 18.0 Å². The number of sulfonamides is 1. The number of hydrogen-bond donors (Lipinski definition) is 2. The van der Waals surface area contributed by atoms with Crippen molar-refractivity contribution >= 4 is 27.5 Å². The predicted octanol–water partition coefficient (Wildman–Crippen LogP) is 4.93. The van der Waals surface area contributed by atoms with Crippen LogP contribution in [0.15, 0.2) is 102 Å². The van der Waals surface area contributed by atoms with Gasteiger partial charge in [-0.25, -0.2) is 22.6 Å². The smallest absolute Gasteiger partial charge is 0.339 e. The van der Waals surface area contributed by atoms with Crippen LogP contribution in [0.3, 0.4) is 0 Å². The Kier molecular flexibility index (Phi) is 7.07. The fourth-order valence-electron chi connectivity index (χ4n) is 3.56. The molecule has 178 valence electrons. The van der Waals surface area contributed by atoms with E-state index >= 15 is 0 Å². The summed E-state index contributed by atoms with van der Waals surface area (Å²) in [5.74, 6) is -1.61.